The normalized spacial score (nSPS) is 19.9. The van der Waals surface area contributed by atoms with Crippen LogP contribution in [0.4, 0.5) is 13.2 Å². The molecule has 0 saturated carbocycles. The molecule has 33 heavy (non-hydrogen) atoms. The van der Waals surface area contributed by atoms with Crippen LogP contribution in [0.2, 0.25) is 5.02 Å². The molecule has 2 aromatic carbocycles. The Morgan fingerprint density at radius 2 is 1.97 bits per heavy atom. The Morgan fingerprint density at radius 3 is 2.55 bits per heavy atom. The Bertz CT molecular complexity index is 1070. The van der Waals surface area contributed by atoms with Crippen LogP contribution in [0.1, 0.15) is 55.0 Å². The van der Waals surface area contributed by atoms with Crippen LogP contribution in [0.3, 0.4) is 0 Å². The summed E-state index contributed by atoms with van der Waals surface area (Å²) < 4.78 is 39.3. The third-order valence-corrected chi connectivity index (χ3v) is 5.99. The second-order valence-corrected chi connectivity index (χ2v) is 8.81. The van der Waals surface area contributed by atoms with Crippen molar-refractivity contribution < 1.29 is 23.1 Å². The van der Waals surface area contributed by atoms with Crippen molar-refractivity contribution >= 4 is 17.6 Å². The molecule has 3 rings (SSSR count). The molecule has 1 fully saturated rings. The summed E-state index contributed by atoms with van der Waals surface area (Å²) in [5.41, 5.74) is 1.53. The van der Waals surface area contributed by atoms with Crippen molar-refractivity contribution in [3.8, 4) is 11.8 Å². The average molecular weight is 476 g/mol. The Labute approximate surface area is 196 Å². The predicted molar refractivity (Wildman–Crippen MR) is 123 cm³/mol. The first-order valence-corrected chi connectivity index (χ1v) is 11.0. The first-order chi connectivity index (χ1) is 15.5. The smallest absolute Gasteiger partial charge is 0.416 e. The van der Waals surface area contributed by atoms with Crippen molar-refractivity contribution in [1.82, 2.24) is 4.90 Å². The molecular formula is C26H25ClF3NO2. The number of hydrogen-bond acceptors (Lipinski definition) is 2. The number of benzene rings is 2. The van der Waals surface area contributed by atoms with Gasteiger partial charge in [0.25, 0.3) is 0 Å². The zero-order valence-corrected chi connectivity index (χ0v) is 19.0. The average Bonchev–Trinajstić information content (AvgIpc) is 2.73. The van der Waals surface area contributed by atoms with Crippen LogP contribution in [0.15, 0.2) is 60.7 Å². The summed E-state index contributed by atoms with van der Waals surface area (Å²) in [6, 6.07) is 11.8. The highest BCUT2D eigenvalue weighted by Crippen LogP contribution is 2.41. The van der Waals surface area contributed by atoms with E-state index in [0.29, 0.717) is 35.5 Å². The van der Waals surface area contributed by atoms with E-state index in [9.17, 15) is 23.1 Å². The zero-order chi connectivity index (χ0) is 24.2. The van der Waals surface area contributed by atoms with Gasteiger partial charge in [-0.3, -0.25) is 9.69 Å². The lowest BCUT2D eigenvalue weighted by molar-refractivity contribution is -0.139. The number of alkyl halides is 3. The van der Waals surface area contributed by atoms with Crippen LogP contribution < -0.4 is 0 Å². The molecule has 1 aliphatic rings. The second kappa shape index (κ2) is 10.5. The molecule has 0 amide bonds. The van der Waals surface area contributed by atoms with E-state index in [-0.39, 0.29) is 24.4 Å². The van der Waals surface area contributed by atoms with E-state index in [0.717, 1.165) is 17.7 Å². The van der Waals surface area contributed by atoms with Crippen molar-refractivity contribution in [2.24, 2.45) is 5.92 Å². The number of nitrogens with zero attached hydrogens (tertiary/aromatic N) is 1. The summed E-state index contributed by atoms with van der Waals surface area (Å²) in [6.45, 7) is 6.20. The van der Waals surface area contributed by atoms with Gasteiger partial charge in [0.2, 0.25) is 0 Å². The number of hydrogen-bond donors (Lipinski definition) is 1. The number of carboxylic acid groups (broad SMARTS) is 1. The van der Waals surface area contributed by atoms with E-state index in [1.807, 2.05) is 18.2 Å². The van der Waals surface area contributed by atoms with Crippen molar-refractivity contribution in [2.45, 2.75) is 44.4 Å². The molecule has 0 aromatic heterocycles. The third kappa shape index (κ3) is 6.63. The highest BCUT2D eigenvalue weighted by Gasteiger charge is 2.36. The lowest BCUT2D eigenvalue weighted by Crippen LogP contribution is -2.39. The van der Waals surface area contributed by atoms with Crippen LogP contribution in [0.5, 0.6) is 0 Å². The molecule has 1 saturated heterocycles. The fraction of sp³-hybridized carbons (Fsp3) is 0.346. The van der Waals surface area contributed by atoms with E-state index < -0.39 is 17.7 Å². The maximum absolute atomic E-state index is 13.1. The Balaban J connectivity index is 2.04. The number of carbonyl (C=O) groups is 1. The minimum absolute atomic E-state index is 0.0181. The van der Waals surface area contributed by atoms with Crippen molar-refractivity contribution in [3.05, 3.63) is 82.4 Å². The molecule has 2 aromatic rings. The van der Waals surface area contributed by atoms with Gasteiger partial charge in [-0.15, -0.1) is 0 Å². The summed E-state index contributed by atoms with van der Waals surface area (Å²) in [4.78, 5) is 13.5. The van der Waals surface area contributed by atoms with Gasteiger partial charge in [-0.05, 0) is 66.6 Å². The van der Waals surface area contributed by atoms with E-state index in [4.69, 9.17) is 11.6 Å². The number of carboxylic acids is 1. The zero-order valence-electron chi connectivity index (χ0n) is 18.2. The van der Waals surface area contributed by atoms with Gasteiger partial charge in [0.15, 0.2) is 0 Å². The van der Waals surface area contributed by atoms with Gasteiger partial charge in [0.05, 0.1) is 11.6 Å². The monoisotopic (exact) mass is 475 g/mol. The molecule has 0 bridgehead atoms. The number of allylic oxidation sites excluding steroid dienone is 1. The standard InChI is InChI=1S/C26H25ClF3NO2/c1-17(2)6-11-23(20-4-3-5-22(27)16-20)31-13-12-18(15-25(32)33)14-24(31)19-7-9-21(10-8-19)26(28,29)30/h3-5,7-10,16,18,23-24H,1,12-15H2,2H3,(H,32,33)/t18-,23-,24+/m0/s1. The fourth-order valence-electron chi connectivity index (χ4n) is 4.25. The molecule has 1 N–H and O–H groups in total. The summed E-state index contributed by atoms with van der Waals surface area (Å²) in [5, 5.41) is 9.85. The largest absolute Gasteiger partial charge is 0.481 e. The predicted octanol–water partition coefficient (Wildman–Crippen LogP) is 6.91. The molecule has 1 aliphatic heterocycles. The van der Waals surface area contributed by atoms with E-state index >= 15 is 0 Å². The molecule has 174 valence electrons. The summed E-state index contributed by atoms with van der Waals surface area (Å²) in [7, 11) is 0. The maximum Gasteiger partial charge on any atom is 0.416 e. The molecule has 0 aliphatic carbocycles. The minimum atomic E-state index is -4.42. The second-order valence-electron chi connectivity index (χ2n) is 8.37. The van der Waals surface area contributed by atoms with Crippen molar-refractivity contribution in [2.75, 3.05) is 6.54 Å². The molecular weight excluding hydrogens is 451 g/mol. The quantitative estimate of drug-likeness (QED) is 0.478. The molecule has 0 unspecified atom stereocenters. The van der Waals surface area contributed by atoms with Gasteiger partial charge in [0.1, 0.15) is 0 Å². The molecule has 3 nitrogen and oxygen atoms in total. The Kier molecular flexibility index (Phi) is 7.88. The van der Waals surface area contributed by atoms with Gasteiger partial charge >= 0.3 is 12.1 Å². The number of piperidine rings is 1. The summed E-state index contributed by atoms with van der Waals surface area (Å²) >= 11 is 6.23. The van der Waals surface area contributed by atoms with Crippen LogP contribution >= 0.6 is 11.6 Å². The van der Waals surface area contributed by atoms with Gasteiger partial charge in [-0.25, -0.2) is 0 Å². The van der Waals surface area contributed by atoms with Crippen molar-refractivity contribution in [3.63, 3.8) is 0 Å². The van der Waals surface area contributed by atoms with Gasteiger partial charge < -0.3 is 5.11 Å². The van der Waals surface area contributed by atoms with Crippen LogP contribution in [-0.2, 0) is 11.0 Å². The topological polar surface area (TPSA) is 40.5 Å². The number of aliphatic carboxylic acids is 1. The fourth-order valence-corrected chi connectivity index (χ4v) is 4.44. The van der Waals surface area contributed by atoms with E-state index in [2.05, 4.69) is 23.3 Å². The Morgan fingerprint density at radius 1 is 1.27 bits per heavy atom. The third-order valence-electron chi connectivity index (χ3n) is 5.76. The SMILES string of the molecule is C=C(C)C#C[C@@H](c1cccc(Cl)c1)N1CC[C@H](CC(=O)O)C[C@@H]1c1ccc(C(F)(F)F)cc1. The number of halogens is 4. The van der Waals surface area contributed by atoms with Gasteiger partial charge in [0, 0.05) is 24.0 Å². The first-order valence-electron chi connectivity index (χ1n) is 10.6. The minimum Gasteiger partial charge on any atom is -0.481 e. The molecule has 0 spiro atoms. The van der Waals surface area contributed by atoms with Crippen LogP contribution in [0, 0.1) is 17.8 Å². The van der Waals surface area contributed by atoms with Gasteiger partial charge in [-0.1, -0.05) is 54.3 Å². The van der Waals surface area contributed by atoms with Crippen LogP contribution in [-0.4, -0.2) is 22.5 Å². The lowest BCUT2D eigenvalue weighted by atomic mass is 9.83. The maximum atomic E-state index is 13.1. The van der Waals surface area contributed by atoms with E-state index in [1.54, 1.807) is 13.0 Å². The van der Waals surface area contributed by atoms with E-state index in [1.165, 1.54) is 12.1 Å². The van der Waals surface area contributed by atoms with Gasteiger partial charge in [-0.2, -0.15) is 13.2 Å². The number of likely N-dealkylation sites (tertiary alicyclic amines) is 1. The Hall–Kier alpha value is -2.75. The molecule has 7 heteroatoms. The van der Waals surface area contributed by atoms with Crippen LogP contribution in [0.25, 0.3) is 0 Å². The highest BCUT2D eigenvalue weighted by molar-refractivity contribution is 6.30. The molecule has 1 heterocycles. The summed E-state index contributed by atoms with van der Waals surface area (Å²) in [6.07, 6.45) is -3.25. The molecule has 0 radical (unpaired) electrons. The van der Waals surface area contributed by atoms with Crippen molar-refractivity contribution in [1.29, 1.82) is 0 Å². The lowest BCUT2D eigenvalue weighted by Gasteiger charge is -2.42. The summed E-state index contributed by atoms with van der Waals surface area (Å²) in [5.74, 6) is 5.31. The first kappa shape index (κ1) is 24.9. The highest BCUT2D eigenvalue weighted by atomic mass is 35.5. The number of rotatable bonds is 5. The molecule has 3 atom stereocenters.